The largest absolute Gasteiger partial charge is 0.381 e. The van der Waals surface area contributed by atoms with E-state index in [-0.39, 0.29) is 22.6 Å². The summed E-state index contributed by atoms with van der Waals surface area (Å²) in [5.41, 5.74) is 0.480. The number of halogens is 2. The minimum atomic E-state index is -3.05. The summed E-state index contributed by atoms with van der Waals surface area (Å²) in [7, 11) is -3.05. The van der Waals surface area contributed by atoms with Gasteiger partial charge in [0.2, 0.25) is 0 Å². The second-order valence-corrected chi connectivity index (χ2v) is 6.74. The standard InChI is InChI=1S/C11H15ClFNO2S/c1-3-17(15,16)7-8(2)14-11-5-9(12)4-10(13)6-11/h4-6,8,14H,3,7H2,1-2H3. The SMILES string of the molecule is CCS(=O)(=O)CC(C)Nc1cc(F)cc(Cl)c1. The van der Waals surface area contributed by atoms with Crippen molar-refractivity contribution in [2.45, 2.75) is 19.9 Å². The van der Waals surface area contributed by atoms with Crippen LogP contribution < -0.4 is 5.32 Å². The van der Waals surface area contributed by atoms with Crippen LogP contribution in [-0.2, 0) is 9.84 Å². The molecule has 1 unspecified atom stereocenters. The molecule has 0 bridgehead atoms. The maximum absolute atomic E-state index is 13.0. The van der Waals surface area contributed by atoms with Crippen LogP contribution >= 0.6 is 11.6 Å². The summed E-state index contributed by atoms with van der Waals surface area (Å²) in [5, 5.41) is 3.19. The summed E-state index contributed by atoms with van der Waals surface area (Å²) in [6.07, 6.45) is 0. The van der Waals surface area contributed by atoms with Crippen LogP contribution in [-0.4, -0.2) is 26.0 Å². The lowest BCUT2D eigenvalue weighted by Gasteiger charge is -2.15. The summed E-state index contributed by atoms with van der Waals surface area (Å²) in [4.78, 5) is 0. The number of hydrogen-bond donors (Lipinski definition) is 1. The summed E-state index contributed by atoms with van der Waals surface area (Å²) in [6.45, 7) is 3.33. The van der Waals surface area contributed by atoms with Gasteiger partial charge in [-0.2, -0.15) is 0 Å². The van der Waals surface area contributed by atoms with E-state index in [2.05, 4.69) is 5.32 Å². The summed E-state index contributed by atoms with van der Waals surface area (Å²) >= 11 is 5.70. The molecule has 0 aliphatic rings. The molecule has 17 heavy (non-hydrogen) atoms. The van der Waals surface area contributed by atoms with E-state index in [1.807, 2.05) is 0 Å². The van der Waals surface area contributed by atoms with Gasteiger partial charge in [-0.15, -0.1) is 0 Å². The topological polar surface area (TPSA) is 46.2 Å². The van der Waals surface area contributed by atoms with Crippen molar-refractivity contribution < 1.29 is 12.8 Å². The van der Waals surface area contributed by atoms with Crippen LogP contribution in [0, 0.1) is 5.82 Å². The van der Waals surface area contributed by atoms with Gasteiger partial charge in [-0.3, -0.25) is 0 Å². The highest BCUT2D eigenvalue weighted by molar-refractivity contribution is 7.91. The third-order valence-corrected chi connectivity index (χ3v) is 4.33. The Hall–Kier alpha value is -0.810. The molecule has 0 amide bonds. The van der Waals surface area contributed by atoms with E-state index in [0.29, 0.717) is 5.69 Å². The van der Waals surface area contributed by atoms with Crippen LogP contribution in [0.5, 0.6) is 0 Å². The number of sulfone groups is 1. The fourth-order valence-electron chi connectivity index (χ4n) is 1.46. The highest BCUT2D eigenvalue weighted by atomic mass is 35.5. The molecule has 0 aliphatic heterocycles. The van der Waals surface area contributed by atoms with E-state index < -0.39 is 15.7 Å². The predicted molar refractivity (Wildman–Crippen MR) is 68.8 cm³/mol. The number of nitrogens with one attached hydrogen (secondary N) is 1. The van der Waals surface area contributed by atoms with Gasteiger partial charge in [0, 0.05) is 22.5 Å². The monoisotopic (exact) mass is 279 g/mol. The average molecular weight is 280 g/mol. The first-order valence-electron chi connectivity index (χ1n) is 5.25. The Morgan fingerprint density at radius 1 is 1.41 bits per heavy atom. The van der Waals surface area contributed by atoms with E-state index in [9.17, 15) is 12.8 Å². The quantitative estimate of drug-likeness (QED) is 0.901. The molecule has 1 atom stereocenters. The van der Waals surface area contributed by atoms with E-state index in [0.717, 1.165) is 0 Å². The van der Waals surface area contributed by atoms with E-state index >= 15 is 0 Å². The molecule has 1 aromatic carbocycles. The highest BCUT2D eigenvalue weighted by Gasteiger charge is 2.13. The molecule has 0 spiro atoms. The van der Waals surface area contributed by atoms with Crippen LogP contribution in [0.3, 0.4) is 0 Å². The molecule has 1 N–H and O–H groups in total. The third-order valence-electron chi connectivity index (χ3n) is 2.22. The fraction of sp³-hybridized carbons (Fsp3) is 0.455. The van der Waals surface area contributed by atoms with Crippen molar-refractivity contribution in [1.82, 2.24) is 0 Å². The summed E-state index contributed by atoms with van der Waals surface area (Å²) in [6, 6.07) is 3.73. The minimum absolute atomic E-state index is 0.0115. The van der Waals surface area contributed by atoms with Crippen molar-refractivity contribution in [2.24, 2.45) is 0 Å². The highest BCUT2D eigenvalue weighted by Crippen LogP contribution is 2.18. The van der Waals surface area contributed by atoms with Crippen LogP contribution in [0.2, 0.25) is 5.02 Å². The molecule has 0 radical (unpaired) electrons. The maximum atomic E-state index is 13.0. The average Bonchev–Trinajstić information content (AvgIpc) is 2.14. The van der Waals surface area contributed by atoms with Gasteiger partial charge >= 0.3 is 0 Å². The zero-order chi connectivity index (χ0) is 13.1. The van der Waals surface area contributed by atoms with Crippen molar-refractivity contribution in [3.05, 3.63) is 29.0 Å². The molecule has 6 heteroatoms. The van der Waals surface area contributed by atoms with Gasteiger partial charge in [-0.25, -0.2) is 12.8 Å². The van der Waals surface area contributed by atoms with Crippen molar-refractivity contribution >= 4 is 27.1 Å². The van der Waals surface area contributed by atoms with E-state index in [1.54, 1.807) is 19.9 Å². The Morgan fingerprint density at radius 3 is 2.59 bits per heavy atom. The first-order chi connectivity index (χ1) is 7.82. The third kappa shape index (κ3) is 4.91. The molecule has 3 nitrogen and oxygen atoms in total. The molecule has 0 aliphatic carbocycles. The molecule has 96 valence electrons. The first-order valence-corrected chi connectivity index (χ1v) is 7.45. The van der Waals surface area contributed by atoms with Gasteiger partial charge in [-0.1, -0.05) is 18.5 Å². The van der Waals surface area contributed by atoms with Crippen LogP contribution in [0.1, 0.15) is 13.8 Å². The lowest BCUT2D eigenvalue weighted by atomic mass is 10.3. The lowest BCUT2D eigenvalue weighted by Crippen LogP contribution is -2.26. The Bertz CT molecular complexity index is 470. The van der Waals surface area contributed by atoms with Crippen molar-refractivity contribution in [1.29, 1.82) is 0 Å². The molecule has 0 aromatic heterocycles. The molecule has 1 rings (SSSR count). The Labute approximate surface area is 106 Å². The number of anilines is 1. The normalized spacial score (nSPS) is 13.4. The Kier molecular flexibility index (Phi) is 4.77. The van der Waals surface area contributed by atoms with Gasteiger partial charge in [0.1, 0.15) is 5.82 Å². The van der Waals surface area contributed by atoms with Gasteiger partial charge < -0.3 is 5.32 Å². The predicted octanol–water partition coefficient (Wildman–Crippen LogP) is 2.71. The maximum Gasteiger partial charge on any atom is 0.152 e. The second kappa shape index (κ2) is 5.69. The van der Waals surface area contributed by atoms with Crippen LogP contribution in [0.15, 0.2) is 18.2 Å². The molecule has 0 fully saturated rings. The zero-order valence-corrected chi connectivity index (χ0v) is 11.3. The molecule has 1 aromatic rings. The van der Waals surface area contributed by atoms with Gasteiger partial charge in [0.05, 0.1) is 5.75 Å². The zero-order valence-electron chi connectivity index (χ0n) is 9.70. The molecule has 0 saturated carbocycles. The molecule has 0 saturated heterocycles. The minimum Gasteiger partial charge on any atom is -0.381 e. The van der Waals surface area contributed by atoms with Crippen LogP contribution in [0.4, 0.5) is 10.1 Å². The molecular weight excluding hydrogens is 265 g/mol. The second-order valence-electron chi connectivity index (χ2n) is 3.90. The Balaban J connectivity index is 2.71. The van der Waals surface area contributed by atoms with Gasteiger partial charge in [0.15, 0.2) is 9.84 Å². The van der Waals surface area contributed by atoms with Crippen molar-refractivity contribution in [3.63, 3.8) is 0 Å². The Morgan fingerprint density at radius 2 is 2.06 bits per heavy atom. The molecular formula is C11H15ClFNO2S. The van der Waals surface area contributed by atoms with E-state index in [4.69, 9.17) is 11.6 Å². The molecule has 0 heterocycles. The summed E-state index contributed by atoms with van der Waals surface area (Å²) < 4.78 is 35.8. The van der Waals surface area contributed by atoms with Crippen molar-refractivity contribution in [2.75, 3.05) is 16.8 Å². The fourth-order valence-corrected chi connectivity index (χ4v) is 2.76. The first kappa shape index (κ1) is 14.3. The van der Waals surface area contributed by atoms with Crippen molar-refractivity contribution in [3.8, 4) is 0 Å². The van der Waals surface area contributed by atoms with Gasteiger partial charge in [0.25, 0.3) is 0 Å². The van der Waals surface area contributed by atoms with Gasteiger partial charge in [-0.05, 0) is 25.1 Å². The smallest absolute Gasteiger partial charge is 0.152 e. The number of rotatable bonds is 5. The number of benzene rings is 1. The lowest BCUT2D eigenvalue weighted by molar-refractivity contribution is 0.593. The van der Waals surface area contributed by atoms with Crippen LogP contribution in [0.25, 0.3) is 0 Å². The van der Waals surface area contributed by atoms with E-state index in [1.165, 1.54) is 12.1 Å². The summed E-state index contributed by atoms with van der Waals surface area (Å²) in [5.74, 6) is -0.342. The number of hydrogen-bond acceptors (Lipinski definition) is 3.